The molecule has 2 N–H and O–H groups in total. The Balaban J connectivity index is 2.18. The molecule has 1 saturated carbocycles. The van der Waals surface area contributed by atoms with Gasteiger partial charge in [0.05, 0.1) is 5.60 Å². The van der Waals surface area contributed by atoms with Gasteiger partial charge in [-0.3, -0.25) is 4.79 Å². The van der Waals surface area contributed by atoms with Crippen LogP contribution >= 0.6 is 0 Å². The van der Waals surface area contributed by atoms with E-state index in [0.717, 1.165) is 31.2 Å². The van der Waals surface area contributed by atoms with Gasteiger partial charge in [0.1, 0.15) is 5.82 Å². The van der Waals surface area contributed by atoms with Gasteiger partial charge in [-0.1, -0.05) is 12.1 Å². The molecule has 18 heavy (non-hydrogen) atoms. The first-order valence-electron chi connectivity index (χ1n) is 6.18. The number of carbonyl (C=O) groups excluding carboxylic acids is 1. The van der Waals surface area contributed by atoms with E-state index in [1.807, 2.05) is 0 Å². The second kappa shape index (κ2) is 5.06. The van der Waals surface area contributed by atoms with Crippen molar-refractivity contribution < 1.29 is 13.9 Å². The predicted molar refractivity (Wildman–Crippen MR) is 66.2 cm³/mol. The van der Waals surface area contributed by atoms with Gasteiger partial charge in [0.15, 0.2) is 0 Å². The van der Waals surface area contributed by atoms with Gasteiger partial charge in [-0.15, -0.1) is 0 Å². The number of methoxy groups -OCH3 is 1. The molecule has 0 radical (unpaired) electrons. The van der Waals surface area contributed by atoms with Crippen LogP contribution in [0.2, 0.25) is 0 Å². The van der Waals surface area contributed by atoms with Gasteiger partial charge < -0.3 is 10.5 Å². The van der Waals surface area contributed by atoms with Gasteiger partial charge in [-0.25, -0.2) is 4.39 Å². The molecule has 0 saturated heterocycles. The molecule has 0 aromatic heterocycles. The Morgan fingerprint density at radius 2 is 1.89 bits per heavy atom. The molecule has 0 spiro atoms. The van der Waals surface area contributed by atoms with Crippen LogP contribution in [0.5, 0.6) is 0 Å². The zero-order chi connectivity index (χ0) is 13.2. The molecule has 3 nitrogen and oxygen atoms in total. The number of ether oxygens (including phenoxy) is 1. The molecule has 4 heteroatoms. The van der Waals surface area contributed by atoms with E-state index in [1.165, 1.54) is 12.1 Å². The summed E-state index contributed by atoms with van der Waals surface area (Å²) in [5.74, 6) is -0.552. The molecule has 1 fully saturated rings. The molecule has 1 aromatic rings. The number of carbonyl (C=O) groups is 1. The zero-order valence-electron chi connectivity index (χ0n) is 10.5. The highest BCUT2D eigenvalue weighted by Crippen LogP contribution is 2.42. The highest BCUT2D eigenvalue weighted by molar-refractivity contribution is 5.76. The van der Waals surface area contributed by atoms with Crippen LogP contribution in [-0.2, 0) is 15.1 Å². The Morgan fingerprint density at radius 3 is 2.33 bits per heavy atom. The number of rotatable bonds is 3. The van der Waals surface area contributed by atoms with Gasteiger partial charge in [-0.05, 0) is 43.4 Å². The van der Waals surface area contributed by atoms with Crippen LogP contribution in [0, 0.1) is 11.7 Å². The van der Waals surface area contributed by atoms with Gasteiger partial charge in [0.2, 0.25) is 5.91 Å². The maximum atomic E-state index is 12.9. The fourth-order valence-corrected chi connectivity index (χ4v) is 2.73. The maximum Gasteiger partial charge on any atom is 0.220 e. The van der Waals surface area contributed by atoms with E-state index in [-0.39, 0.29) is 17.6 Å². The molecule has 0 heterocycles. The predicted octanol–water partition coefficient (Wildman–Crippen LogP) is 2.34. The molecule has 1 aliphatic carbocycles. The molecule has 0 unspecified atom stereocenters. The first-order chi connectivity index (χ1) is 8.57. The van der Waals surface area contributed by atoms with Gasteiger partial charge in [-0.2, -0.15) is 0 Å². The fraction of sp³-hybridized carbons (Fsp3) is 0.500. The number of benzene rings is 1. The lowest BCUT2D eigenvalue weighted by atomic mass is 9.75. The number of nitrogens with two attached hydrogens (primary N) is 1. The second-order valence-corrected chi connectivity index (χ2v) is 4.88. The van der Waals surface area contributed by atoms with E-state index in [4.69, 9.17) is 10.5 Å². The SMILES string of the molecule is COC1(c2ccc(F)cc2)CCC(C(N)=O)CC1. The van der Waals surface area contributed by atoms with Crippen LogP contribution in [0.15, 0.2) is 24.3 Å². The fourth-order valence-electron chi connectivity index (χ4n) is 2.73. The minimum absolute atomic E-state index is 0.0614. The highest BCUT2D eigenvalue weighted by Gasteiger charge is 2.38. The van der Waals surface area contributed by atoms with E-state index in [9.17, 15) is 9.18 Å². The van der Waals surface area contributed by atoms with Gasteiger partial charge >= 0.3 is 0 Å². The summed E-state index contributed by atoms with van der Waals surface area (Å²) in [4.78, 5) is 11.2. The molecule has 0 atom stereocenters. The number of amides is 1. The number of primary amides is 1. The average molecular weight is 251 g/mol. The zero-order valence-corrected chi connectivity index (χ0v) is 10.5. The van der Waals surface area contributed by atoms with Crippen molar-refractivity contribution in [1.29, 1.82) is 0 Å². The first kappa shape index (κ1) is 13.0. The van der Waals surface area contributed by atoms with Crippen molar-refractivity contribution in [3.05, 3.63) is 35.6 Å². The summed E-state index contributed by atoms with van der Waals surface area (Å²) < 4.78 is 18.6. The number of hydrogen-bond donors (Lipinski definition) is 1. The Morgan fingerprint density at radius 1 is 1.33 bits per heavy atom. The molecule has 1 aliphatic rings. The van der Waals surface area contributed by atoms with Crippen LogP contribution in [0.3, 0.4) is 0 Å². The second-order valence-electron chi connectivity index (χ2n) is 4.88. The minimum Gasteiger partial charge on any atom is -0.374 e. The standard InChI is InChI=1S/C14H18FNO2/c1-18-14(11-2-4-12(15)5-3-11)8-6-10(7-9-14)13(16)17/h2-5,10H,6-9H2,1H3,(H2,16,17). The third kappa shape index (κ3) is 2.38. The summed E-state index contributed by atoms with van der Waals surface area (Å²) in [5, 5.41) is 0. The van der Waals surface area contributed by atoms with Crippen LogP contribution in [0.4, 0.5) is 4.39 Å². The lowest BCUT2D eigenvalue weighted by Crippen LogP contribution is -2.37. The monoisotopic (exact) mass is 251 g/mol. The summed E-state index contributed by atoms with van der Waals surface area (Å²) in [6, 6.07) is 6.39. The van der Waals surface area contributed by atoms with Crippen LogP contribution in [0.25, 0.3) is 0 Å². The van der Waals surface area contributed by atoms with Crippen molar-refractivity contribution in [3.8, 4) is 0 Å². The van der Waals surface area contributed by atoms with Gasteiger partial charge in [0, 0.05) is 13.0 Å². The summed E-state index contributed by atoms with van der Waals surface area (Å²) >= 11 is 0. The highest BCUT2D eigenvalue weighted by atomic mass is 19.1. The topological polar surface area (TPSA) is 52.3 Å². The first-order valence-corrected chi connectivity index (χ1v) is 6.18. The van der Waals surface area contributed by atoms with E-state index < -0.39 is 5.60 Å². The van der Waals surface area contributed by atoms with Crippen LogP contribution in [0.1, 0.15) is 31.2 Å². The Labute approximate surface area is 106 Å². The van der Waals surface area contributed by atoms with Crippen molar-refractivity contribution in [1.82, 2.24) is 0 Å². The molecule has 0 bridgehead atoms. The van der Waals surface area contributed by atoms with E-state index >= 15 is 0 Å². The molecular weight excluding hydrogens is 233 g/mol. The quantitative estimate of drug-likeness (QED) is 0.896. The summed E-state index contributed by atoms with van der Waals surface area (Å²) in [7, 11) is 1.66. The van der Waals surface area contributed by atoms with E-state index in [0.29, 0.717) is 0 Å². The third-order valence-corrected chi connectivity index (χ3v) is 3.96. The van der Waals surface area contributed by atoms with Crippen molar-refractivity contribution in [2.24, 2.45) is 11.7 Å². The van der Waals surface area contributed by atoms with Gasteiger partial charge in [0.25, 0.3) is 0 Å². The Hall–Kier alpha value is -1.42. The lowest BCUT2D eigenvalue weighted by molar-refractivity contribution is -0.126. The molecular formula is C14H18FNO2. The van der Waals surface area contributed by atoms with Crippen molar-refractivity contribution >= 4 is 5.91 Å². The lowest BCUT2D eigenvalue weighted by Gasteiger charge is -2.38. The third-order valence-electron chi connectivity index (χ3n) is 3.96. The van der Waals surface area contributed by atoms with Crippen molar-refractivity contribution in [2.75, 3.05) is 7.11 Å². The molecule has 0 aliphatic heterocycles. The summed E-state index contributed by atoms with van der Waals surface area (Å²) in [6.45, 7) is 0. The summed E-state index contributed by atoms with van der Waals surface area (Å²) in [6.07, 6.45) is 2.92. The molecule has 1 amide bonds. The smallest absolute Gasteiger partial charge is 0.220 e. The average Bonchev–Trinajstić information content (AvgIpc) is 2.39. The normalized spacial score (nSPS) is 28.0. The minimum atomic E-state index is -0.403. The van der Waals surface area contributed by atoms with Crippen LogP contribution < -0.4 is 5.73 Å². The van der Waals surface area contributed by atoms with Crippen LogP contribution in [-0.4, -0.2) is 13.0 Å². The van der Waals surface area contributed by atoms with E-state index in [2.05, 4.69) is 0 Å². The summed E-state index contributed by atoms with van der Waals surface area (Å²) in [5.41, 5.74) is 5.89. The van der Waals surface area contributed by atoms with Crippen molar-refractivity contribution in [2.45, 2.75) is 31.3 Å². The molecule has 2 rings (SSSR count). The van der Waals surface area contributed by atoms with E-state index in [1.54, 1.807) is 19.2 Å². The maximum absolute atomic E-state index is 12.9. The van der Waals surface area contributed by atoms with Crippen molar-refractivity contribution in [3.63, 3.8) is 0 Å². The molecule has 1 aromatic carbocycles. The molecule has 98 valence electrons. The largest absolute Gasteiger partial charge is 0.374 e. The Kier molecular flexibility index (Phi) is 3.66. The Bertz CT molecular complexity index is 422. The number of hydrogen-bond acceptors (Lipinski definition) is 2. The number of halogens is 1.